The number of imidazole rings is 1. The Balaban J connectivity index is 1.31. The zero-order valence-electron chi connectivity index (χ0n) is 17.0. The molecule has 1 aromatic heterocycles. The minimum Gasteiger partial charge on any atom is -0.497 e. The Kier molecular flexibility index (Phi) is 6.37. The lowest BCUT2D eigenvalue weighted by Gasteiger charge is -2.09. The number of aromatic amines is 1. The molecule has 0 fully saturated rings. The smallest absolute Gasteiger partial charge is 0.272 e. The number of carbonyl (C=O) groups excluding carboxylic acids is 2. The van der Waals surface area contributed by atoms with Crippen LogP contribution in [0.15, 0.2) is 71.9 Å². The molecule has 0 aliphatic rings. The van der Waals surface area contributed by atoms with Crippen molar-refractivity contribution < 1.29 is 18.7 Å². The first kappa shape index (κ1) is 21.4. The average molecular weight is 450 g/mol. The van der Waals surface area contributed by atoms with Gasteiger partial charge in [0.25, 0.3) is 11.8 Å². The highest BCUT2D eigenvalue weighted by atomic mass is 32.2. The number of H-pyrrole nitrogens is 1. The molecule has 2 amide bonds. The van der Waals surface area contributed by atoms with Crippen LogP contribution in [0.2, 0.25) is 0 Å². The molecule has 0 spiro atoms. The first-order valence-corrected chi connectivity index (χ1v) is 10.6. The van der Waals surface area contributed by atoms with Crippen LogP contribution in [0.1, 0.15) is 26.3 Å². The summed E-state index contributed by atoms with van der Waals surface area (Å²) in [6.07, 6.45) is 0. The van der Waals surface area contributed by atoms with Gasteiger partial charge in [0.1, 0.15) is 11.6 Å². The van der Waals surface area contributed by atoms with E-state index >= 15 is 0 Å². The van der Waals surface area contributed by atoms with Crippen LogP contribution in [0, 0.1) is 5.82 Å². The van der Waals surface area contributed by atoms with Gasteiger partial charge < -0.3 is 9.72 Å². The molecule has 0 radical (unpaired) electrons. The van der Waals surface area contributed by atoms with Crippen LogP contribution >= 0.6 is 11.8 Å². The van der Waals surface area contributed by atoms with E-state index in [1.165, 1.54) is 19.2 Å². The minimum atomic E-state index is -0.766. The lowest BCUT2D eigenvalue weighted by Crippen LogP contribution is -2.41. The molecule has 0 saturated heterocycles. The maximum Gasteiger partial charge on any atom is 0.272 e. The molecule has 4 rings (SSSR count). The maximum atomic E-state index is 14.0. The largest absolute Gasteiger partial charge is 0.497 e. The standard InChI is InChI=1S/C23H19FN4O3S/c1-31-16-10-11-17(18(24)12-16)22(30)28-27-21(29)15-8-6-14(7-9-15)13-32-23-25-19-4-2-3-5-20(19)26-23/h2-12H,13H2,1H3,(H,25,26)(H,27,29)(H,28,30). The molecule has 3 N–H and O–H groups in total. The molecule has 9 heteroatoms. The molecule has 32 heavy (non-hydrogen) atoms. The van der Waals surface area contributed by atoms with Crippen molar-refractivity contribution >= 4 is 34.6 Å². The number of nitrogens with one attached hydrogen (secondary N) is 3. The van der Waals surface area contributed by atoms with E-state index in [0.717, 1.165) is 27.8 Å². The molecule has 1 heterocycles. The number of thioether (sulfide) groups is 1. The monoisotopic (exact) mass is 450 g/mol. The molecular weight excluding hydrogens is 431 g/mol. The number of nitrogens with zero attached hydrogens (tertiary/aromatic N) is 1. The fraction of sp³-hybridized carbons (Fsp3) is 0.0870. The number of hydrogen-bond donors (Lipinski definition) is 3. The number of halogens is 1. The first-order valence-electron chi connectivity index (χ1n) is 9.64. The predicted molar refractivity (Wildman–Crippen MR) is 120 cm³/mol. The van der Waals surface area contributed by atoms with E-state index in [1.54, 1.807) is 23.9 Å². The van der Waals surface area contributed by atoms with E-state index in [2.05, 4.69) is 20.8 Å². The highest BCUT2D eigenvalue weighted by Gasteiger charge is 2.14. The van der Waals surface area contributed by atoms with E-state index in [1.807, 2.05) is 36.4 Å². The van der Waals surface area contributed by atoms with E-state index in [4.69, 9.17) is 4.74 Å². The van der Waals surface area contributed by atoms with Gasteiger partial charge in [-0.3, -0.25) is 20.4 Å². The van der Waals surface area contributed by atoms with Gasteiger partial charge in [0.2, 0.25) is 0 Å². The van der Waals surface area contributed by atoms with Gasteiger partial charge in [0, 0.05) is 17.4 Å². The number of benzene rings is 3. The van der Waals surface area contributed by atoms with E-state index < -0.39 is 17.6 Å². The van der Waals surface area contributed by atoms with Crippen LogP contribution in [0.25, 0.3) is 11.0 Å². The molecule has 0 saturated carbocycles. The third-order valence-electron chi connectivity index (χ3n) is 4.67. The zero-order valence-corrected chi connectivity index (χ0v) is 17.8. The number of para-hydroxylation sites is 2. The molecule has 162 valence electrons. The van der Waals surface area contributed by atoms with Gasteiger partial charge >= 0.3 is 0 Å². The van der Waals surface area contributed by atoms with Crippen LogP contribution < -0.4 is 15.6 Å². The normalized spacial score (nSPS) is 10.7. The predicted octanol–water partition coefficient (Wildman–Crippen LogP) is 4.08. The summed E-state index contributed by atoms with van der Waals surface area (Å²) >= 11 is 1.56. The van der Waals surface area contributed by atoms with Crippen molar-refractivity contribution in [3.8, 4) is 5.75 Å². The number of aromatic nitrogens is 2. The molecule has 0 bridgehead atoms. The van der Waals surface area contributed by atoms with Crippen molar-refractivity contribution in [1.82, 2.24) is 20.8 Å². The number of fused-ring (bicyclic) bond motifs is 1. The SMILES string of the molecule is COc1ccc(C(=O)NNC(=O)c2ccc(CSc3nc4ccccc4[nH]3)cc2)c(F)c1. The van der Waals surface area contributed by atoms with Crippen molar-refractivity contribution in [2.45, 2.75) is 10.9 Å². The third kappa shape index (κ3) is 4.89. The summed E-state index contributed by atoms with van der Waals surface area (Å²) in [6, 6.07) is 18.6. The molecule has 7 nitrogen and oxygen atoms in total. The number of ether oxygens (including phenoxy) is 1. The Labute approximate surface area is 187 Å². The van der Waals surface area contributed by atoms with Crippen molar-refractivity contribution in [3.05, 3.63) is 89.2 Å². The van der Waals surface area contributed by atoms with Crippen LogP contribution in [0.5, 0.6) is 5.75 Å². The quantitative estimate of drug-likeness (QED) is 0.304. The Morgan fingerprint density at radius 1 is 1.03 bits per heavy atom. The highest BCUT2D eigenvalue weighted by Crippen LogP contribution is 2.23. The second-order valence-electron chi connectivity index (χ2n) is 6.80. The molecule has 0 unspecified atom stereocenters. The summed E-state index contributed by atoms with van der Waals surface area (Å²) in [5.41, 5.74) is 7.57. The highest BCUT2D eigenvalue weighted by molar-refractivity contribution is 7.98. The summed E-state index contributed by atoms with van der Waals surface area (Å²) in [7, 11) is 1.40. The van der Waals surface area contributed by atoms with Crippen LogP contribution in [0.4, 0.5) is 4.39 Å². The maximum absolute atomic E-state index is 14.0. The minimum absolute atomic E-state index is 0.205. The molecule has 3 aromatic carbocycles. The van der Waals surface area contributed by atoms with Crippen LogP contribution in [0.3, 0.4) is 0 Å². The van der Waals surface area contributed by atoms with E-state index in [-0.39, 0.29) is 5.56 Å². The molecule has 0 aliphatic carbocycles. The lowest BCUT2D eigenvalue weighted by atomic mass is 10.1. The number of rotatable bonds is 6. The number of methoxy groups -OCH3 is 1. The zero-order chi connectivity index (χ0) is 22.5. The Morgan fingerprint density at radius 2 is 1.78 bits per heavy atom. The Morgan fingerprint density at radius 3 is 2.50 bits per heavy atom. The summed E-state index contributed by atoms with van der Waals surface area (Å²) in [4.78, 5) is 32.2. The van der Waals surface area contributed by atoms with Gasteiger partial charge in [-0.05, 0) is 42.0 Å². The van der Waals surface area contributed by atoms with Gasteiger partial charge in [-0.25, -0.2) is 9.37 Å². The van der Waals surface area contributed by atoms with Gasteiger partial charge in [0.05, 0.1) is 23.7 Å². The second-order valence-corrected chi connectivity index (χ2v) is 7.76. The topological polar surface area (TPSA) is 96.1 Å². The van der Waals surface area contributed by atoms with Gasteiger partial charge in [-0.2, -0.15) is 0 Å². The van der Waals surface area contributed by atoms with E-state index in [0.29, 0.717) is 17.1 Å². The van der Waals surface area contributed by atoms with Gasteiger partial charge in [0.15, 0.2) is 5.16 Å². The number of hydrogen-bond acceptors (Lipinski definition) is 5. The number of carbonyl (C=O) groups is 2. The number of amides is 2. The van der Waals surface area contributed by atoms with Crippen molar-refractivity contribution in [1.29, 1.82) is 0 Å². The van der Waals surface area contributed by atoms with E-state index in [9.17, 15) is 14.0 Å². The first-order chi connectivity index (χ1) is 15.5. The Hall–Kier alpha value is -3.85. The number of hydrazine groups is 1. The lowest BCUT2D eigenvalue weighted by molar-refractivity contribution is 0.0844. The molecule has 0 aliphatic heterocycles. The van der Waals surface area contributed by atoms with Gasteiger partial charge in [-0.15, -0.1) is 0 Å². The summed E-state index contributed by atoms with van der Waals surface area (Å²) in [5.74, 6) is -1.06. The summed E-state index contributed by atoms with van der Waals surface area (Å²) in [5, 5.41) is 0.821. The third-order valence-corrected chi connectivity index (χ3v) is 5.61. The average Bonchev–Trinajstić information content (AvgIpc) is 3.24. The molecule has 0 atom stereocenters. The fourth-order valence-electron chi connectivity index (χ4n) is 2.96. The van der Waals surface area contributed by atoms with Gasteiger partial charge in [-0.1, -0.05) is 36.0 Å². The van der Waals surface area contributed by atoms with Crippen molar-refractivity contribution in [2.75, 3.05) is 7.11 Å². The summed E-state index contributed by atoms with van der Waals surface area (Å²) in [6.45, 7) is 0. The summed E-state index contributed by atoms with van der Waals surface area (Å²) < 4.78 is 18.9. The van der Waals surface area contributed by atoms with Crippen LogP contribution in [-0.4, -0.2) is 28.9 Å². The fourth-order valence-corrected chi connectivity index (χ4v) is 3.80. The Bertz CT molecular complexity index is 1240. The molecular formula is C23H19FN4O3S. The van der Waals surface area contributed by atoms with Crippen LogP contribution in [-0.2, 0) is 5.75 Å². The van der Waals surface area contributed by atoms with Crippen molar-refractivity contribution in [2.24, 2.45) is 0 Å². The second kappa shape index (κ2) is 9.52. The molecule has 4 aromatic rings. The van der Waals surface area contributed by atoms with Crippen molar-refractivity contribution in [3.63, 3.8) is 0 Å².